The van der Waals surface area contributed by atoms with Crippen molar-refractivity contribution in [2.24, 2.45) is 0 Å². The zero-order chi connectivity index (χ0) is 15.1. The SMILES string of the molecule is CS(=O)(=O)c1ccc2c(C(=O)O)ccc(C(=O)O)c2c1. The van der Waals surface area contributed by atoms with E-state index in [1.807, 2.05) is 0 Å². The van der Waals surface area contributed by atoms with Crippen LogP contribution >= 0.6 is 0 Å². The largest absolute Gasteiger partial charge is 0.478 e. The Morgan fingerprint density at radius 2 is 1.40 bits per heavy atom. The summed E-state index contributed by atoms with van der Waals surface area (Å²) in [5, 5.41) is 18.5. The third-order valence-electron chi connectivity index (χ3n) is 2.88. The van der Waals surface area contributed by atoms with Gasteiger partial charge in [-0.25, -0.2) is 18.0 Å². The second-order valence-electron chi connectivity index (χ2n) is 4.25. The highest BCUT2D eigenvalue weighted by atomic mass is 32.2. The van der Waals surface area contributed by atoms with Crippen LogP contribution in [0.25, 0.3) is 10.8 Å². The van der Waals surface area contributed by atoms with Crippen LogP contribution in [0.3, 0.4) is 0 Å². The molecule has 0 radical (unpaired) electrons. The lowest BCUT2D eigenvalue weighted by Crippen LogP contribution is -2.04. The summed E-state index contributed by atoms with van der Waals surface area (Å²) >= 11 is 0. The maximum absolute atomic E-state index is 11.5. The molecule has 2 aromatic carbocycles. The van der Waals surface area contributed by atoms with Crippen LogP contribution in [0, 0.1) is 0 Å². The van der Waals surface area contributed by atoms with E-state index in [-0.39, 0.29) is 26.8 Å². The van der Waals surface area contributed by atoms with E-state index in [0.29, 0.717) is 0 Å². The molecule has 0 amide bonds. The van der Waals surface area contributed by atoms with Crippen LogP contribution in [-0.2, 0) is 9.84 Å². The molecule has 0 fully saturated rings. The fraction of sp³-hybridized carbons (Fsp3) is 0.0769. The minimum absolute atomic E-state index is 0.0601. The number of carboxylic acids is 2. The van der Waals surface area contributed by atoms with Crippen LogP contribution in [0.2, 0.25) is 0 Å². The lowest BCUT2D eigenvalue weighted by molar-refractivity contribution is 0.0684. The molecular weight excluding hydrogens is 284 g/mol. The highest BCUT2D eigenvalue weighted by Crippen LogP contribution is 2.26. The van der Waals surface area contributed by atoms with Crippen LogP contribution in [0.5, 0.6) is 0 Å². The topological polar surface area (TPSA) is 109 Å². The first-order valence-corrected chi connectivity index (χ1v) is 7.34. The number of rotatable bonds is 3. The van der Waals surface area contributed by atoms with Gasteiger partial charge in [0, 0.05) is 6.26 Å². The van der Waals surface area contributed by atoms with Gasteiger partial charge in [0.1, 0.15) is 0 Å². The summed E-state index contributed by atoms with van der Waals surface area (Å²) in [7, 11) is -3.51. The first kappa shape index (κ1) is 14.0. The van der Waals surface area contributed by atoms with Crippen molar-refractivity contribution < 1.29 is 28.2 Å². The predicted octanol–water partition coefficient (Wildman–Crippen LogP) is 1.64. The number of sulfone groups is 1. The van der Waals surface area contributed by atoms with E-state index in [1.54, 1.807) is 0 Å². The van der Waals surface area contributed by atoms with Crippen molar-refractivity contribution in [2.75, 3.05) is 6.26 Å². The van der Waals surface area contributed by atoms with Crippen molar-refractivity contribution in [3.05, 3.63) is 41.5 Å². The Morgan fingerprint density at radius 3 is 1.85 bits per heavy atom. The number of carboxylic acid groups (broad SMARTS) is 2. The summed E-state index contributed by atoms with van der Waals surface area (Å²) in [4.78, 5) is 22.2. The molecule has 0 spiro atoms. The van der Waals surface area contributed by atoms with E-state index in [4.69, 9.17) is 10.2 Å². The molecule has 0 aliphatic heterocycles. The first-order valence-electron chi connectivity index (χ1n) is 5.45. The van der Waals surface area contributed by atoms with Gasteiger partial charge in [-0.3, -0.25) is 0 Å². The average molecular weight is 294 g/mol. The van der Waals surface area contributed by atoms with Crippen molar-refractivity contribution in [3.63, 3.8) is 0 Å². The molecular formula is C13H10O6S. The number of hydrogen-bond acceptors (Lipinski definition) is 4. The van der Waals surface area contributed by atoms with Gasteiger partial charge in [0.25, 0.3) is 0 Å². The Labute approximate surface area is 114 Å². The van der Waals surface area contributed by atoms with E-state index in [0.717, 1.165) is 12.3 Å². The Morgan fingerprint density at radius 1 is 0.900 bits per heavy atom. The van der Waals surface area contributed by atoms with E-state index >= 15 is 0 Å². The Bertz CT molecular complexity index is 835. The molecule has 0 aliphatic carbocycles. The van der Waals surface area contributed by atoms with Gasteiger partial charge in [-0.1, -0.05) is 6.07 Å². The van der Waals surface area contributed by atoms with Gasteiger partial charge in [0.05, 0.1) is 16.0 Å². The Balaban J connectivity index is 2.94. The minimum atomic E-state index is -3.51. The van der Waals surface area contributed by atoms with Crippen LogP contribution in [-0.4, -0.2) is 36.8 Å². The Hall–Kier alpha value is -2.41. The van der Waals surface area contributed by atoms with Crippen molar-refractivity contribution in [2.45, 2.75) is 4.90 Å². The number of hydrogen-bond donors (Lipinski definition) is 2. The van der Waals surface area contributed by atoms with E-state index in [2.05, 4.69) is 0 Å². The molecule has 2 aromatic rings. The van der Waals surface area contributed by atoms with Gasteiger partial charge in [0.15, 0.2) is 9.84 Å². The van der Waals surface area contributed by atoms with E-state index in [9.17, 15) is 18.0 Å². The molecule has 0 saturated carbocycles. The maximum Gasteiger partial charge on any atom is 0.336 e. The fourth-order valence-corrected chi connectivity index (χ4v) is 2.58. The minimum Gasteiger partial charge on any atom is -0.478 e. The normalized spacial score (nSPS) is 11.4. The smallest absolute Gasteiger partial charge is 0.336 e. The molecule has 0 aliphatic rings. The van der Waals surface area contributed by atoms with Gasteiger partial charge in [-0.2, -0.15) is 0 Å². The van der Waals surface area contributed by atoms with Crippen molar-refractivity contribution in [1.82, 2.24) is 0 Å². The van der Waals surface area contributed by atoms with Crippen molar-refractivity contribution in [3.8, 4) is 0 Å². The predicted molar refractivity (Wildman–Crippen MR) is 71.0 cm³/mol. The standard InChI is InChI=1S/C13H10O6S/c1-20(18,19)7-2-3-8-9(12(14)15)4-5-10(13(16)17)11(8)6-7/h2-6H,1H3,(H,14,15)(H,16,17). The molecule has 104 valence electrons. The van der Waals surface area contributed by atoms with Gasteiger partial charge in [-0.05, 0) is 35.0 Å². The molecule has 0 atom stereocenters. The van der Waals surface area contributed by atoms with Crippen LogP contribution in [0.15, 0.2) is 35.2 Å². The van der Waals surface area contributed by atoms with E-state index in [1.165, 1.54) is 24.3 Å². The lowest BCUT2D eigenvalue weighted by atomic mass is 9.99. The van der Waals surface area contributed by atoms with Crippen molar-refractivity contribution >= 4 is 32.5 Å². The molecule has 2 rings (SSSR count). The molecule has 0 saturated heterocycles. The third kappa shape index (κ3) is 2.35. The van der Waals surface area contributed by atoms with E-state index < -0.39 is 21.8 Å². The molecule has 0 bridgehead atoms. The Kier molecular flexibility index (Phi) is 3.23. The highest BCUT2D eigenvalue weighted by Gasteiger charge is 2.17. The number of aromatic carboxylic acids is 2. The second-order valence-corrected chi connectivity index (χ2v) is 6.27. The summed E-state index contributed by atoms with van der Waals surface area (Å²) in [6, 6.07) is 6.09. The zero-order valence-corrected chi connectivity index (χ0v) is 11.1. The summed E-state index contributed by atoms with van der Waals surface area (Å²) in [5.74, 6) is -2.46. The molecule has 20 heavy (non-hydrogen) atoms. The molecule has 0 heterocycles. The average Bonchev–Trinajstić information content (AvgIpc) is 2.35. The molecule has 7 heteroatoms. The van der Waals surface area contributed by atoms with Gasteiger partial charge < -0.3 is 10.2 Å². The second kappa shape index (κ2) is 4.61. The van der Waals surface area contributed by atoms with Crippen molar-refractivity contribution in [1.29, 1.82) is 0 Å². The fourth-order valence-electron chi connectivity index (χ4n) is 1.93. The first-order chi connectivity index (χ1) is 9.21. The zero-order valence-electron chi connectivity index (χ0n) is 10.3. The maximum atomic E-state index is 11.5. The van der Waals surface area contributed by atoms with Crippen LogP contribution in [0.1, 0.15) is 20.7 Å². The molecule has 0 unspecified atom stereocenters. The quantitative estimate of drug-likeness (QED) is 0.890. The van der Waals surface area contributed by atoms with Gasteiger partial charge >= 0.3 is 11.9 Å². The third-order valence-corrected chi connectivity index (χ3v) is 3.99. The number of benzene rings is 2. The van der Waals surface area contributed by atoms with Gasteiger partial charge in [-0.15, -0.1) is 0 Å². The highest BCUT2D eigenvalue weighted by molar-refractivity contribution is 7.90. The monoisotopic (exact) mass is 294 g/mol. The lowest BCUT2D eigenvalue weighted by Gasteiger charge is -2.08. The number of carbonyl (C=O) groups is 2. The van der Waals surface area contributed by atoms with Crippen LogP contribution in [0.4, 0.5) is 0 Å². The molecule has 0 aromatic heterocycles. The molecule has 6 nitrogen and oxygen atoms in total. The number of fused-ring (bicyclic) bond motifs is 1. The molecule has 2 N–H and O–H groups in total. The van der Waals surface area contributed by atoms with Crippen LogP contribution < -0.4 is 0 Å². The summed E-state index contributed by atoms with van der Waals surface area (Å²) < 4.78 is 23.0. The summed E-state index contributed by atoms with van der Waals surface area (Å²) in [6.07, 6.45) is 0.996. The van der Waals surface area contributed by atoms with Gasteiger partial charge in [0.2, 0.25) is 0 Å². The summed E-state index contributed by atoms with van der Waals surface area (Å²) in [6.45, 7) is 0. The summed E-state index contributed by atoms with van der Waals surface area (Å²) in [5.41, 5.74) is -0.222.